The summed E-state index contributed by atoms with van der Waals surface area (Å²) in [6, 6.07) is 10.2. The van der Waals surface area contributed by atoms with Crippen LogP contribution < -0.4 is 4.74 Å². The van der Waals surface area contributed by atoms with Gasteiger partial charge in [0.2, 0.25) is 5.88 Å². The van der Waals surface area contributed by atoms with Crippen LogP contribution in [0.15, 0.2) is 61.2 Å². The lowest BCUT2D eigenvalue weighted by atomic mass is 10.0. The molecule has 0 aliphatic heterocycles. The predicted octanol–water partition coefficient (Wildman–Crippen LogP) is 7.25. The van der Waals surface area contributed by atoms with E-state index < -0.39 is 38.8 Å². The molecule has 1 atom stereocenters. The maximum atomic E-state index is 13.2. The third kappa shape index (κ3) is 8.18. The van der Waals surface area contributed by atoms with E-state index >= 15 is 0 Å². The zero-order valence-electron chi connectivity index (χ0n) is 25.9. The SMILES string of the molecule is Cn1cc(C(F)(F)F)nc1-c1ccc(C(O)c2cn(COCC[Si](C)(C)C)c3cnc(-c4cccnc4OCC(F)(F)F)nc23)cc1. The van der Waals surface area contributed by atoms with Crippen LogP contribution >= 0.6 is 0 Å². The van der Waals surface area contributed by atoms with E-state index in [0.29, 0.717) is 34.3 Å². The van der Waals surface area contributed by atoms with Crippen molar-refractivity contribution in [2.24, 2.45) is 7.05 Å². The quantitative estimate of drug-likeness (QED) is 0.0893. The Labute approximate surface area is 266 Å². The van der Waals surface area contributed by atoms with E-state index in [2.05, 4.69) is 39.6 Å². The molecule has 4 heterocycles. The Morgan fingerprint density at radius 1 is 0.957 bits per heavy atom. The second-order valence-corrected chi connectivity index (χ2v) is 17.8. The zero-order chi connectivity index (χ0) is 34.1. The summed E-state index contributed by atoms with van der Waals surface area (Å²) in [6.07, 6.45) is -5.10. The smallest absolute Gasteiger partial charge is 0.434 e. The molecular formula is C31H32F6N6O3Si. The van der Waals surface area contributed by atoms with Crippen LogP contribution in [-0.4, -0.2) is 61.6 Å². The number of pyridine rings is 1. The van der Waals surface area contributed by atoms with E-state index in [1.807, 2.05) is 0 Å². The molecule has 0 saturated carbocycles. The fraction of sp³-hybridized carbons (Fsp3) is 0.355. The van der Waals surface area contributed by atoms with Gasteiger partial charge in [-0.25, -0.2) is 19.9 Å². The van der Waals surface area contributed by atoms with E-state index in [1.165, 1.54) is 36.1 Å². The largest absolute Gasteiger partial charge is 0.467 e. The van der Waals surface area contributed by atoms with Crippen molar-refractivity contribution in [2.75, 3.05) is 13.2 Å². The van der Waals surface area contributed by atoms with E-state index in [4.69, 9.17) is 9.47 Å². The number of fused-ring (bicyclic) bond motifs is 1. The average molecular weight is 679 g/mol. The van der Waals surface area contributed by atoms with Gasteiger partial charge in [-0.1, -0.05) is 43.9 Å². The topological polar surface area (TPSA) is 100 Å². The number of rotatable bonds is 11. The van der Waals surface area contributed by atoms with Gasteiger partial charge in [0.05, 0.1) is 22.8 Å². The Morgan fingerprint density at radius 2 is 1.68 bits per heavy atom. The standard InChI is InChI=1S/C31H32F6N6O3Si/c1-42-16-24(31(35,36)37)40-28(42)20-9-7-19(8-10-20)26(44)22-15-43(18-45-12-13-47(2,3)4)23-14-39-27(41-25(22)23)21-6-5-11-38-29(21)46-17-30(32,33)34/h5-11,14-16,26,44H,12-13,17-18H2,1-4H3. The molecule has 0 bridgehead atoms. The van der Waals surface area contributed by atoms with Crippen molar-refractivity contribution in [2.45, 2.75) is 50.9 Å². The van der Waals surface area contributed by atoms with Gasteiger partial charge in [0, 0.05) is 51.4 Å². The Hall–Kier alpha value is -4.28. The van der Waals surface area contributed by atoms with E-state index in [9.17, 15) is 31.4 Å². The van der Waals surface area contributed by atoms with Crippen LogP contribution in [0.3, 0.4) is 0 Å². The first-order valence-corrected chi connectivity index (χ1v) is 18.2. The summed E-state index contributed by atoms with van der Waals surface area (Å²) in [5.41, 5.74) is 1.08. The molecule has 5 aromatic rings. The van der Waals surface area contributed by atoms with Crippen molar-refractivity contribution in [1.82, 2.24) is 29.1 Å². The maximum Gasteiger partial charge on any atom is 0.434 e. The number of benzene rings is 1. The van der Waals surface area contributed by atoms with Gasteiger partial charge >= 0.3 is 12.4 Å². The number of aromatic nitrogens is 6. The molecule has 250 valence electrons. The normalized spacial score (nSPS) is 13.3. The summed E-state index contributed by atoms with van der Waals surface area (Å²) in [4.78, 5) is 16.6. The molecule has 0 radical (unpaired) electrons. The molecule has 47 heavy (non-hydrogen) atoms. The Morgan fingerprint density at radius 3 is 2.32 bits per heavy atom. The number of halogens is 6. The second kappa shape index (κ2) is 13.1. The second-order valence-electron chi connectivity index (χ2n) is 12.2. The summed E-state index contributed by atoms with van der Waals surface area (Å²) in [5, 5.41) is 11.6. The Balaban J connectivity index is 1.51. The number of imidazole rings is 1. The molecule has 5 rings (SSSR count). The number of aryl methyl sites for hydroxylation is 1. The molecule has 0 aliphatic rings. The van der Waals surface area contributed by atoms with Crippen LogP contribution in [0.25, 0.3) is 33.8 Å². The number of hydrogen-bond donors (Lipinski definition) is 1. The highest BCUT2D eigenvalue weighted by Crippen LogP contribution is 2.35. The average Bonchev–Trinajstić information content (AvgIpc) is 3.58. The molecule has 9 nitrogen and oxygen atoms in total. The van der Waals surface area contributed by atoms with Gasteiger partial charge in [-0.3, -0.25) is 0 Å². The molecule has 1 N–H and O–H groups in total. The summed E-state index contributed by atoms with van der Waals surface area (Å²) in [6.45, 7) is 5.77. The maximum absolute atomic E-state index is 13.2. The monoisotopic (exact) mass is 678 g/mol. The van der Waals surface area contributed by atoms with Crippen LogP contribution in [0, 0.1) is 0 Å². The van der Waals surface area contributed by atoms with Gasteiger partial charge in [0.25, 0.3) is 0 Å². The summed E-state index contributed by atoms with van der Waals surface area (Å²) >= 11 is 0. The van der Waals surface area contributed by atoms with Crippen LogP contribution in [0.2, 0.25) is 25.7 Å². The number of hydrogen-bond acceptors (Lipinski definition) is 7. The third-order valence-corrected chi connectivity index (χ3v) is 8.91. The molecule has 0 saturated heterocycles. The van der Waals surface area contributed by atoms with Gasteiger partial charge in [-0.15, -0.1) is 0 Å². The van der Waals surface area contributed by atoms with Gasteiger partial charge in [0.15, 0.2) is 18.1 Å². The van der Waals surface area contributed by atoms with E-state index in [-0.39, 0.29) is 29.8 Å². The number of ether oxygens (including phenoxy) is 2. The predicted molar refractivity (Wildman–Crippen MR) is 164 cm³/mol. The summed E-state index contributed by atoms with van der Waals surface area (Å²) < 4.78 is 92.1. The first kappa shape index (κ1) is 34.1. The van der Waals surface area contributed by atoms with Crippen LogP contribution in [0.5, 0.6) is 5.88 Å². The van der Waals surface area contributed by atoms with Gasteiger partial charge in [-0.2, -0.15) is 26.3 Å². The minimum Gasteiger partial charge on any atom is -0.467 e. The third-order valence-electron chi connectivity index (χ3n) is 7.20. The molecule has 1 unspecified atom stereocenters. The number of alkyl halides is 6. The molecule has 0 fully saturated rings. The van der Waals surface area contributed by atoms with Crippen molar-refractivity contribution in [3.8, 4) is 28.7 Å². The van der Waals surface area contributed by atoms with Crippen LogP contribution in [-0.2, 0) is 24.7 Å². The van der Waals surface area contributed by atoms with Crippen molar-refractivity contribution >= 4 is 19.1 Å². The highest BCUT2D eigenvalue weighted by atomic mass is 28.3. The lowest BCUT2D eigenvalue weighted by Crippen LogP contribution is -2.22. The molecule has 0 amide bonds. The van der Waals surface area contributed by atoms with Crippen molar-refractivity contribution in [1.29, 1.82) is 0 Å². The van der Waals surface area contributed by atoms with Crippen LogP contribution in [0.1, 0.15) is 22.9 Å². The van der Waals surface area contributed by atoms with E-state index in [0.717, 1.165) is 12.2 Å². The van der Waals surface area contributed by atoms with Crippen molar-refractivity contribution < 1.29 is 40.9 Å². The first-order chi connectivity index (χ1) is 22.0. The first-order valence-electron chi connectivity index (χ1n) is 14.5. The highest BCUT2D eigenvalue weighted by Gasteiger charge is 2.34. The lowest BCUT2D eigenvalue weighted by Gasteiger charge is -2.15. The van der Waals surface area contributed by atoms with Gasteiger partial charge in [-0.05, 0) is 23.7 Å². The molecule has 1 aromatic carbocycles. The molecule has 0 spiro atoms. The minimum absolute atomic E-state index is 0.0271. The summed E-state index contributed by atoms with van der Waals surface area (Å²) in [7, 11) is 0.0937. The molecule has 16 heteroatoms. The van der Waals surface area contributed by atoms with Gasteiger partial charge < -0.3 is 23.7 Å². The fourth-order valence-corrected chi connectivity index (χ4v) is 5.52. The number of nitrogens with zero attached hydrogens (tertiary/aromatic N) is 6. The van der Waals surface area contributed by atoms with Crippen molar-refractivity contribution in [3.63, 3.8) is 0 Å². The molecule has 0 aliphatic carbocycles. The zero-order valence-corrected chi connectivity index (χ0v) is 26.9. The fourth-order valence-electron chi connectivity index (χ4n) is 4.77. The Kier molecular flexibility index (Phi) is 9.48. The number of aliphatic hydroxyl groups is 1. The van der Waals surface area contributed by atoms with Crippen molar-refractivity contribution in [3.05, 3.63) is 78.0 Å². The summed E-state index contributed by atoms with van der Waals surface area (Å²) in [5.74, 6) is -0.180. The molecular weight excluding hydrogens is 646 g/mol. The van der Waals surface area contributed by atoms with E-state index in [1.54, 1.807) is 35.0 Å². The number of aliphatic hydroxyl groups excluding tert-OH is 1. The minimum atomic E-state index is -4.60. The lowest BCUT2D eigenvalue weighted by molar-refractivity contribution is -0.154. The highest BCUT2D eigenvalue weighted by molar-refractivity contribution is 6.76. The Bertz CT molecular complexity index is 1850. The molecule has 4 aromatic heterocycles. The van der Waals surface area contributed by atoms with Gasteiger partial charge in [0.1, 0.15) is 18.7 Å². The van der Waals surface area contributed by atoms with Crippen LogP contribution in [0.4, 0.5) is 26.3 Å².